The standard InChI is InChI=1S/C19H21FN3O8P/c1-21-17(25)15-9-31-19(27)23(15)12-2-3-13(14(20)8-12)11-4-6-22(7-5-11)18(26)16(24)10-32(28,29)30/h2-4,8,15,28-30H,5-7,9-10H2,1H3/p+1/t15-/m0/s1. The van der Waals surface area contributed by atoms with E-state index in [1.807, 2.05) is 0 Å². The number of ether oxygens (including phenoxy) is 1. The van der Waals surface area contributed by atoms with Crippen LogP contribution in [0.1, 0.15) is 12.0 Å². The van der Waals surface area contributed by atoms with Gasteiger partial charge in [-0.2, -0.15) is 14.7 Å². The number of likely N-dealkylation sites (N-methyl/N-ethyl adjacent to an activating group) is 1. The number of nitrogens with one attached hydrogen (secondary N) is 1. The highest BCUT2D eigenvalue weighted by molar-refractivity contribution is 7.59. The molecule has 11 nitrogen and oxygen atoms in total. The lowest BCUT2D eigenvalue weighted by atomic mass is 9.98. The van der Waals surface area contributed by atoms with Gasteiger partial charge in [0.25, 0.3) is 11.7 Å². The average molecular weight is 470 g/mol. The summed E-state index contributed by atoms with van der Waals surface area (Å²) >= 11 is 0. The summed E-state index contributed by atoms with van der Waals surface area (Å²) in [5.41, 5.74) is 0.970. The first-order valence-electron chi connectivity index (χ1n) is 9.56. The van der Waals surface area contributed by atoms with Crippen LogP contribution in [-0.4, -0.2) is 82.2 Å². The van der Waals surface area contributed by atoms with E-state index in [0.29, 0.717) is 5.57 Å². The fourth-order valence-corrected chi connectivity index (χ4v) is 4.04. The molecule has 1 fully saturated rings. The maximum Gasteiger partial charge on any atom is 0.415 e. The van der Waals surface area contributed by atoms with Crippen molar-refractivity contribution in [3.63, 3.8) is 0 Å². The van der Waals surface area contributed by atoms with Crippen molar-refractivity contribution in [2.24, 2.45) is 0 Å². The lowest BCUT2D eigenvalue weighted by molar-refractivity contribution is -0.143. The van der Waals surface area contributed by atoms with Gasteiger partial charge in [-0.15, -0.1) is 0 Å². The van der Waals surface area contributed by atoms with E-state index < -0.39 is 49.7 Å². The fourth-order valence-electron chi connectivity index (χ4n) is 3.52. The maximum absolute atomic E-state index is 14.9. The molecule has 0 bridgehead atoms. The van der Waals surface area contributed by atoms with Crippen LogP contribution in [0.5, 0.6) is 0 Å². The topological polar surface area (TPSA) is 157 Å². The van der Waals surface area contributed by atoms with E-state index in [0.717, 1.165) is 15.9 Å². The molecule has 0 saturated carbocycles. The molecule has 1 atom stereocenters. The third-order valence-electron chi connectivity index (χ3n) is 5.09. The zero-order valence-corrected chi connectivity index (χ0v) is 17.9. The van der Waals surface area contributed by atoms with Gasteiger partial charge >= 0.3 is 14.0 Å². The first-order chi connectivity index (χ1) is 15.0. The Kier molecular flexibility index (Phi) is 6.89. The Bertz CT molecular complexity index is 993. The first kappa shape index (κ1) is 23.7. The number of hydrogen-bond acceptors (Lipinski definition) is 8. The van der Waals surface area contributed by atoms with E-state index in [9.17, 15) is 23.6 Å². The van der Waals surface area contributed by atoms with Crippen molar-refractivity contribution in [3.8, 4) is 0 Å². The molecule has 0 unspecified atom stereocenters. The van der Waals surface area contributed by atoms with E-state index >= 15 is 0 Å². The van der Waals surface area contributed by atoms with Gasteiger partial charge in [0.1, 0.15) is 12.4 Å². The molecule has 3 rings (SSSR count). The average Bonchev–Trinajstić information content (AvgIpc) is 3.13. The summed E-state index contributed by atoms with van der Waals surface area (Å²) in [4.78, 5) is 76.9. The quantitative estimate of drug-likeness (QED) is 0.330. The molecule has 1 saturated heterocycles. The van der Waals surface area contributed by atoms with Crippen LogP contribution in [0.25, 0.3) is 5.57 Å². The molecule has 1 aromatic carbocycles. The van der Waals surface area contributed by atoms with Gasteiger partial charge in [0, 0.05) is 25.7 Å². The molecular weight excluding hydrogens is 448 g/mol. The molecule has 0 spiro atoms. The van der Waals surface area contributed by atoms with Crippen LogP contribution in [0.15, 0.2) is 24.3 Å². The number of carbonyl (C=O) groups excluding carboxylic acids is 4. The van der Waals surface area contributed by atoms with Crippen LogP contribution >= 0.6 is 7.94 Å². The van der Waals surface area contributed by atoms with Crippen LogP contribution in [0.3, 0.4) is 0 Å². The molecule has 0 aromatic heterocycles. The second-order valence-corrected chi connectivity index (χ2v) is 8.95. The Morgan fingerprint density at radius 3 is 2.56 bits per heavy atom. The van der Waals surface area contributed by atoms with Crippen molar-refractivity contribution in [1.29, 1.82) is 0 Å². The maximum atomic E-state index is 14.9. The molecule has 3 amide bonds. The van der Waals surface area contributed by atoms with Gasteiger partial charge in [-0.05, 0) is 30.2 Å². The molecule has 2 aliphatic rings. The minimum absolute atomic E-state index is 0.00791. The SMILES string of the molecule is CNC(=O)[C@@H]1COC(=O)N1c1ccc(C2=CCN(C(=O)C(=O)C[P+](O)(O)O)CC2)c(F)c1. The lowest BCUT2D eigenvalue weighted by Gasteiger charge is -2.26. The minimum atomic E-state index is -4.40. The molecule has 172 valence electrons. The molecular formula is C19H22FN3O8P+. The highest BCUT2D eigenvalue weighted by Crippen LogP contribution is 2.44. The van der Waals surface area contributed by atoms with Crippen molar-refractivity contribution in [2.45, 2.75) is 12.5 Å². The minimum Gasteiger partial charge on any atom is -0.446 e. The number of benzene rings is 1. The normalized spacial score (nSPS) is 18.8. The second-order valence-electron chi connectivity index (χ2n) is 7.25. The highest BCUT2D eigenvalue weighted by Gasteiger charge is 2.40. The summed E-state index contributed by atoms with van der Waals surface area (Å²) in [6, 6.07) is 3.14. The molecule has 13 heteroatoms. The summed E-state index contributed by atoms with van der Waals surface area (Å²) in [5.74, 6) is -3.18. The largest absolute Gasteiger partial charge is 0.446 e. The number of halogens is 1. The summed E-state index contributed by atoms with van der Waals surface area (Å²) in [7, 11) is -2.98. The summed E-state index contributed by atoms with van der Waals surface area (Å²) in [6.45, 7) is -0.0733. The third-order valence-corrected chi connectivity index (χ3v) is 5.80. The van der Waals surface area contributed by atoms with Crippen molar-refractivity contribution in [3.05, 3.63) is 35.7 Å². The predicted octanol–water partition coefficient (Wildman–Crippen LogP) is -0.179. The number of rotatable bonds is 6. The summed E-state index contributed by atoms with van der Waals surface area (Å²) in [5, 5.41) is 2.43. The zero-order chi connectivity index (χ0) is 23.6. The van der Waals surface area contributed by atoms with E-state index in [1.54, 1.807) is 6.08 Å². The molecule has 2 aliphatic heterocycles. The van der Waals surface area contributed by atoms with Crippen molar-refractivity contribution in [1.82, 2.24) is 10.2 Å². The van der Waals surface area contributed by atoms with Crippen molar-refractivity contribution >= 4 is 42.9 Å². The van der Waals surface area contributed by atoms with E-state index in [2.05, 4.69) is 5.32 Å². The Morgan fingerprint density at radius 2 is 2.00 bits per heavy atom. The van der Waals surface area contributed by atoms with E-state index in [4.69, 9.17) is 19.4 Å². The highest BCUT2D eigenvalue weighted by atomic mass is 31.2. The summed E-state index contributed by atoms with van der Waals surface area (Å²) in [6.07, 6.45) is -0.0323. The number of nitrogens with zero attached hydrogens (tertiary/aromatic N) is 2. The first-order valence-corrected chi connectivity index (χ1v) is 11.4. The number of ketones is 1. The molecule has 1 aromatic rings. The molecule has 0 radical (unpaired) electrons. The second kappa shape index (κ2) is 9.29. The van der Waals surface area contributed by atoms with Gasteiger partial charge in [0.05, 0.1) is 5.69 Å². The number of carbonyl (C=O) groups is 4. The smallest absolute Gasteiger partial charge is 0.415 e. The number of hydrogen-bond donors (Lipinski definition) is 4. The van der Waals surface area contributed by atoms with Crippen LogP contribution in [-0.2, 0) is 19.1 Å². The van der Waals surface area contributed by atoms with Gasteiger partial charge in [-0.25, -0.2) is 9.18 Å². The van der Waals surface area contributed by atoms with Crippen LogP contribution in [0, 0.1) is 5.82 Å². The number of Topliss-reactive ketones (excluding diaryl/α,β-unsaturated/α-hetero) is 1. The molecule has 4 N–H and O–H groups in total. The number of cyclic esters (lactones) is 1. The Hall–Kier alpha value is -2.92. The van der Waals surface area contributed by atoms with Gasteiger partial charge in [-0.1, -0.05) is 6.08 Å². The fraction of sp³-hybridized carbons (Fsp3) is 0.368. The molecule has 0 aliphatic carbocycles. The number of amides is 3. The monoisotopic (exact) mass is 470 g/mol. The van der Waals surface area contributed by atoms with Gasteiger partial charge in [0.2, 0.25) is 12.1 Å². The Labute approximate surface area is 182 Å². The van der Waals surface area contributed by atoms with Gasteiger partial charge in [-0.3, -0.25) is 19.3 Å². The van der Waals surface area contributed by atoms with E-state index in [-0.39, 0.29) is 37.4 Å². The van der Waals surface area contributed by atoms with Crippen LogP contribution in [0.4, 0.5) is 14.9 Å². The van der Waals surface area contributed by atoms with E-state index in [1.165, 1.54) is 19.2 Å². The third kappa shape index (κ3) is 5.10. The Balaban J connectivity index is 1.73. The molecule has 32 heavy (non-hydrogen) atoms. The predicted molar refractivity (Wildman–Crippen MR) is 111 cm³/mol. The molecule has 2 heterocycles. The summed E-state index contributed by atoms with van der Waals surface area (Å²) < 4.78 is 19.8. The van der Waals surface area contributed by atoms with Crippen LogP contribution in [0.2, 0.25) is 0 Å². The van der Waals surface area contributed by atoms with Gasteiger partial charge < -0.3 is 15.0 Å². The number of anilines is 1. The van der Waals surface area contributed by atoms with Crippen molar-refractivity contribution < 1.29 is 43.0 Å². The Morgan fingerprint density at radius 1 is 1.28 bits per heavy atom. The van der Waals surface area contributed by atoms with Crippen molar-refractivity contribution in [2.75, 3.05) is 37.8 Å². The van der Waals surface area contributed by atoms with Crippen LogP contribution < -0.4 is 10.2 Å². The zero-order valence-electron chi connectivity index (χ0n) is 17.0. The van der Waals surface area contributed by atoms with Gasteiger partial charge in [0.15, 0.2) is 6.04 Å². The lowest BCUT2D eigenvalue weighted by Crippen LogP contribution is -2.44.